The van der Waals surface area contributed by atoms with Gasteiger partial charge in [-0.3, -0.25) is 0 Å². The minimum absolute atomic E-state index is 0.0503. The lowest BCUT2D eigenvalue weighted by atomic mass is 9.75. The average molecular weight is 621 g/mol. The molecule has 0 bridgehead atoms. The van der Waals surface area contributed by atoms with E-state index in [0.29, 0.717) is 17.2 Å². The fraction of sp³-hybridized carbons (Fsp3) is 0.550. The molecule has 0 amide bonds. The molecule has 0 heterocycles. The van der Waals surface area contributed by atoms with Gasteiger partial charge in [-0.1, -0.05) is 140 Å². The SMILES string of the molecule is CC(C)(C)c1cc(C(C)(C)C)c(O)c(C(C)(C)C)c1.Cc1cc(Sc2cc(C)cc(C(C)(C)C)c2O)c(O)c(C(C)(C)C)c1. The molecule has 3 aromatic rings. The van der Waals surface area contributed by atoms with Crippen LogP contribution >= 0.6 is 11.8 Å². The van der Waals surface area contributed by atoms with Gasteiger partial charge < -0.3 is 15.3 Å². The first-order valence-corrected chi connectivity index (χ1v) is 16.6. The Morgan fingerprint density at radius 2 is 0.659 bits per heavy atom. The molecule has 0 aliphatic heterocycles. The van der Waals surface area contributed by atoms with Crippen LogP contribution < -0.4 is 0 Å². The van der Waals surface area contributed by atoms with E-state index in [9.17, 15) is 15.3 Å². The van der Waals surface area contributed by atoms with E-state index in [0.717, 1.165) is 43.2 Å². The molecule has 3 nitrogen and oxygen atoms in total. The predicted molar refractivity (Wildman–Crippen MR) is 191 cm³/mol. The molecule has 0 aromatic heterocycles. The third kappa shape index (κ3) is 9.22. The van der Waals surface area contributed by atoms with E-state index in [-0.39, 0.29) is 27.1 Å². The summed E-state index contributed by atoms with van der Waals surface area (Å²) in [4.78, 5) is 1.57. The van der Waals surface area contributed by atoms with Crippen LogP contribution in [0.4, 0.5) is 0 Å². The summed E-state index contributed by atoms with van der Waals surface area (Å²) < 4.78 is 0. The zero-order chi connectivity index (χ0) is 34.4. The molecule has 0 radical (unpaired) electrons. The highest BCUT2D eigenvalue weighted by Gasteiger charge is 2.29. The van der Waals surface area contributed by atoms with Crippen LogP contribution in [0.3, 0.4) is 0 Å². The van der Waals surface area contributed by atoms with Gasteiger partial charge in [0.25, 0.3) is 0 Å². The number of benzene rings is 3. The van der Waals surface area contributed by atoms with Crippen molar-refractivity contribution >= 4 is 11.8 Å². The maximum Gasteiger partial charge on any atom is 0.133 e. The zero-order valence-electron chi connectivity index (χ0n) is 30.7. The lowest BCUT2D eigenvalue weighted by Gasteiger charge is -2.31. The van der Waals surface area contributed by atoms with Gasteiger partial charge in [0.2, 0.25) is 0 Å². The lowest BCUT2D eigenvalue weighted by molar-refractivity contribution is 0.420. The van der Waals surface area contributed by atoms with Crippen molar-refractivity contribution < 1.29 is 15.3 Å². The number of hydrogen-bond donors (Lipinski definition) is 3. The molecule has 44 heavy (non-hydrogen) atoms. The van der Waals surface area contributed by atoms with Gasteiger partial charge in [0, 0.05) is 11.1 Å². The molecule has 0 aliphatic carbocycles. The Bertz CT molecular complexity index is 1380. The van der Waals surface area contributed by atoms with Gasteiger partial charge in [0.15, 0.2) is 0 Å². The van der Waals surface area contributed by atoms with Crippen LogP contribution in [0.15, 0.2) is 46.2 Å². The maximum atomic E-state index is 10.8. The van der Waals surface area contributed by atoms with Crippen LogP contribution in [0.2, 0.25) is 0 Å². The molecule has 0 fully saturated rings. The average Bonchev–Trinajstić information content (AvgIpc) is 2.80. The molecule has 0 aliphatic rings. The largest absolute Gasteiger partial charge is 0.507 e. The molecular weight excluding hydrogens is 561 g/mol. The van der Waals surface area contributed by atoms with Gasteiger partial charge in [-0.2, -0.15) is 0 Å². The van der Waals surface area contributed by atoms with Crippen LogP contribution in [-0.2, 0) is 27.1 Å². The fourth-order valence-electron chi connectivity index (χ4n) is 5.12. The molecule has 0 spiro atoms. The van der Waals surface area contributed by atoms with E-state index in [2.05, 4.69) is 116 Å². The van der Waals surface area contributed by atoms with Gasteiger partial charge in [0.1, 0.15) is 17.2 Å². The number of rotatable bonds is 2. The van der Waals surface area contributed by atoms with E-state index in [1.807, 2.05) is 38.1 Å². The molecule has 3 N–H and O–H groups in total. The van der Waals surface area contributed by atoms with Crippen molar-refractivity contribution in [3.8, 4) is 17.2 Å². The third-order valence-corrected chi connectivity index (χ3v) is 8.93. The highest BCUT2D eigenvalue weighted by atomic mass is 32.2. The van der Waals surface area contributed by atoms with Crippen LogP contribution in [-0.4, -0.2) is 15.3 Å². The summed E-state index contributed by atoms with van der Waals surface area (Å²) in [6.45, 7) is 36.2. The number of aromatic hydroxyl groups is 3. The molecule has 3 rings (SSSR count). The van der Waals surface area contributed by atoms with E-state index >= 15 is 0 Å². The van der Waals surface area contributed by atoms with E-state index in [1.54, 1.807) is 0 Å². The van der Waals surface area contributed by atoms with Crippen LogP contribution in [0.5, 0.6) is 17.2 Å². The summed E-state index contributed by atoms with van der Waals surface area (Å²) in [6.07, 6.45) is 0. The van der Waals surface area contributed by atoms with Crippen LogP contribution in [0, 0.1) is 13.8 Å². The van der Waals surface area contributed by atoms with Crippen molar-refractivity contribution in [2.45, 2.75) is 155 Å². The van der Waals surface area contributed by atoms with Gasteiger partial charge in [-0.15, -0.1) is 0 Å². The van der Waals surface area contributed by atoms with Crippen LogP contribution in [0.25, 0.3) is 0 Å². The van der Waals surface area contributed by atoms with Crippen molar-refractivity contribution in [2.24, 2.45) is 0 Å². The number of hydrogen-bond acceptors (Lipinski definition) is 4. The smallest absolute Gasteiger partial charge is 0.133 e. The number of aryl methyl sites for hydroxylation is 2. The summed E-state index contributed by atoms with van der Waals surface area (Å²) in [6, 6.07) is 12.4. The van der Waals surface area contributed by atoms with Crippen molar-refractivity contribution in [1.29, 1.82) is 0 Å². The summed E-state index contributed by atoms with van der Waals surface area (Å²) in [5.41, 5.74) is 7.16. The maximum absolute atomic E-state index is 10.8. The van der Waals surface area contributed by atoms with Gasteiger partial charge in [-0.05, 0) is 80.9 Å². The van der Waals surface area contributed by atoms with Crippen molar-refractivity contribution in [3.05, 3.63) is 75.3 Å². The Balaban J connectivity index is 0.000000319. The molecule has 0 atom stereocenters. The Hall–Kier alpha value is -2.59. The van der Waals surface area contributed by atoms with Crippen molar-refractivity contribution in [1.82, 2.24) is 0 Å². The minimum Gasteiger partial charge on any atom is -0.507 e. The number of phenolic OH excluding ortho intramolecular Hbond substituents is 3. The molecular formula is C40H60O3S. The normalized spacial score (nSPS) is 13.0. The van der Waals surface area contributed by atoms with Crippen molar-refractivity contribution in [3.63, 3.8) is 0 Å². The summed E-state index contributed by atoms with van der Waals surface area (Å²) >= 11 is 1.43. The summed E-state index contributed by atoms with van der Waals surface area (Å²) in [5.74, 6) is 1.08. The van der Waals surface area contributed by atoms with E-state index in [1.165, 1.54) is 17.3 Å². The highest BCUT2D eigenvalue weighted by Crippen LogP contribution is 2.47. The fourth-order valence-corrected chi connectivity index (χ4v) is 6.26. The van der Waals surface area contributed by atoms with Gasteiger partial charge >= 0.3 is 0 Å². The zero-order valence-corrected chi connectivity index (χ0v) is 31.5. The van der Waals surface area contributed by atoms with Crippen LogP contribution in [0.1, 0.15) is 143 Å². The molecule has 0 unspecified atom stereocenters. The second-order valence-corrected chi connectivity index (χ2v) is 18.7. The van der Waals surface area contributed by atoms with Gasteiger partial charge in [-0.25, -0.2) is 0 Å². The quantitative estimate of drug-likeness (QED) is 0.267. The first kappa shape index (κ1) is 37.6. The Morgan fingerprint density at radius 1 is 0.386 bits per heavy atom. The molecule has 0 saturated carbocycles. The molecule has 3 aromatic carbocycles. The third-order valence-electron chi connectivity index (χ3n) is 7.87. The topological polar surface area (TPSA) is 60.7 Å². The molecule has 0 saturated heterocycles. The monoisotopic (exact) mass is 620 g/mol. The number of phenols is 3. The van der Waals surface area contributed by atoms with E-state index in [4.69, 9.17) is 0 Å². The summed E-state index contributed by atoms with van der Waals surface area (Å²) in [7, 11) is 0. The Morgan fingerprint density at radius 3 is 0.909 bits per heavy atom. The standard InChI is InChI=1S/C22H30O2S.C18H30O/c1-13-9-15(21(3,4)5)19(23)17(11-13)25-18-12-14(2)10-16(20(18)24)22(6,7)8;1-16(2,3)12-10-13(17(4,5)6)15(19)14(11-12)18(7,8)9/h9-12,23-24H,1-8H3;10-11,19H,1-9H3. The second kappa shape index (κ2) is 12.7. The van der Waals surface area contributed by atoms with Crippen molar-refractivity contribution in [2.75, 3.05) is 0 Å². The van der Waals surface area contributed by atoms with Gasteiger partial charge in [0.05, 0.1) is 9.79 Å². The minimum atomic E-state index is -0.142. The Kier molecular flexibility index (Phi) is 10.8. The molecule has 4 heteroatoms. The first-order valence-electron chi connectivity index (χ1n) is 15.8. The lowest BCUT2D eigenvalue weighted by Crippen LogP contribution is -2.21. The predicted octanol–water partition coefficient (Wildman–Crippen LogP) is 11.7. The first-order chi connectivity index (χ1) is 19.5. The highest BCUT2D eigenvalue weighted by molar-refractivity contribution is 7.99. The second-order valence-electron chi connectivity index (χ2n) is 17.6. The molecule has 244 valence electrons. The summed E-state index contributed by atoms with van der Waals surface area (Å²) in [5, 5.41) is 32.2. The van der Waals surface area contributed by atoms with E-state index < -0.39 is 0 Å². The Labute approximate surface area is 273 Å².